The molecule has 0 saturated carbocycles. The lowest BCUT2D eigenvalue weighted by molar-refractivity contribution is -0.385. The van der Waals surface area contributed by atoms with Crippen LogP contribution >= 0.6 is 11.8 Å². The Morgan fingerprint density at radius 3 is 2.36 bits per heavy atom. The SMILES string of the molecule is O=C1NC(=NN=Cc2cccc([N+](=O)[O-])c2)S/C1=C/c1ccc([N+](=O)[O-])cc1. The monoisotopic (exact) mass is 397 g/mol. The lowest BCUT2D eigenvalue weighted by Crippen LogP contribution is -2.19. The quantitative estimate of drug-likeness (QED) is 0.356. The second-order valence-corrected chi connectivity index (χ2v) is 6.45. The van der Waals surface area contributed by atoms with Crippen molar-refractivity contribution in [3.63, 3.8) is 0 Å². The van der Waals surface area contributed by atoms with Gasteiger partial charge in [0.25, 0.3) is 17.3 Å². The fourth-order valence-corrected chi connectivity index (χ4v) is 2.96. The van der Waals surface area contributed by atoms with Crippen LogP contribution in [0, 0.1) is 20.2 Å². The fourth-order valence-electron chi connectivity index (χ4n) is 2.19. The van der Waals surface area contributed by atoms with E-state index in [-0.39, 0.29) is 22.4 Å². The van der Waals surface area contributed by atoms with Gasteiger partial charge in [0, 0.05) is 29.8 Å². The Balaban J connectivity index is 1.70. The van der Waals surface area contributed by atoms with Crippen LogP contribution in [0.15, 0.2) is 63.6 Å². The molecule has 1 saturated heterocycles. The van der Waals surface area contributed by atoms with Gasteiger partial charge in [0.05, 0.1) is 21.0 Å². The lowest BCUT2D eigenvalue weighted by Gasteiger charge is -1.95. The molecule has 0 unspecified atom stereocenters. The molecule has 1 N–H and O–H groups in total. The van der Waals surface area contributed by atoms with Crippen LogP contribution in [0.3, 0.4) is 0 Å². The Bertz CT molecular complexity index is 1050. The zero-order valence-electron chi connectivity index (χ0n) is 14.0. The molecule has 10 nitrogen and oxygen atoms in total. The fraction of sp³-hybridized carbons (Fsp3) is 0. The largest absolute Gasteiger partial charge is 0.299 e. The molecule has 3 rings (SSSR count). The Morgan fingerprint density at radius 1 is 0.964 bits per heavy atom. The summed E-state index contributed by atoms with van der Waals surface area (Å²) in [4.78, 5) is 32.8. The number of hydrogen-bond acceptors (Lipinski definition) is 8. The number of nitro benzene ring substituents is 2. The van der Waals surface area contributed by atoms with Gasteiger partial charge in [0.15, 0.2) is 5.17 Å². The zero-order valence-corrected chi connectivity index (χ0v) is 14.8. The molecule has 0 atom stereocenters. The van der Waals surface area contributed by atoms with Crippen LogP contribution in [-0.2, 0) is 4.79 Å². The first-order valence-corrected chi connectivity index (χ1v) is 8.55. The van der Waals surface area contributed by atoms with Crippen LogP contribution in [0.5, 0.6) is 0 Å². The van der Waals surface area contributed by atoms with Crippen LogP contribution in [0.1, 0.15) is 11.1 Å². The van der Waals surface area contributed by atoms with Gasteiger partial charge in [-0.25, -0.2) is 0 Å². The molecule has 1 amide bonds. The summed E-state index contributed by atoms with van der Waals surface area (Å²) >= 11 is 1.06. The van der Waals surface area contributed by atoms with Crippen LogP contribution in [0.2, 0.25) is 0 Å². The third kappa shape index (κ3) is 4.65. The highest BCUT2D eigenvalue weighted by Gasteiger charge is 2.23. The first-order chi connectivity index (χ1) is 13.4. The van der Waals surface area contributed by atoms with Gasteiger partial charge in [-0.15, -0.1) is 5.10 Å². The number of nitrogens with one attached hydrogen (secondary N) is 1. The van der Waals surface area contributed by atoms with E-state index in [1.165, 1.54) is 48.7 Å². The predicted molar refractivity (Wildman–Crippen MR) is 105 cm³/mol. The summed E-state index contributed by atoms with van der Waals surface area (Å²) in [6.45, 7) is 0. The van der Waals surface area contributed by atoms with Crippen molar-refractivity contribution < 1.29 is 14.6 Å². The zero-order chi connectivity index (χ0) is 20.1. The van der Waals surface area contributed by atoms with Gasteiger partial charge >= 0.3 is 0 Å². The highest BCUT2D eigenvalue weighted by molar-refractivity contribution is 8.18. The van der Waals surface area contributed by atoms with Gasteiger partial charge in [-0.3, -0.25) is 30.3 Å². The molecule has 1 heterocycles. The number of amidine groups is 1. The lowest BCUT2D eigenvalue weighted by atomic mass is 10.2. The van der Waals surface area contributed by atoms with E-state index < -0.39 is 9.85 Å². The van der Waals surface area contributed by atoms with Gasteiger partial charge in [-0.1, -0.05) is 12.1 Å². The summed E-state index contributed by atoms with van der Waals surface area (Å²) in [7, 11) is 0. The van der Waals surface area contributed by atoms with E-state index in [0.717, 1.165) is 11.8 Å². The number of benzene rings is 2. The maximum Gasteiger partial charge on any atom is 0.270 e. The molecule has 11 heteroatoms. The second kappa shape index (κ2) is 8.22. The highest BCUT2D eigenvalue weighted by Crippen LogP contribution is 2.26. The van der Waals surface area contributed by atoms with Gasteiger partial charge in [-0.05, 0) is 35.5 Å². The summed E-state index contributed by atoms with van der Waals surface area (Å²) < 4.78 is 0. The van der Waals surface area contributed by atoms with Gasteiger partial charge in [0.1, 0.15) is 0 Å². The maximum absolute atomic E-state index is 12.0. The average Bonchev–Trinajstić information content (AvgIpc) is 3.01. The number of nitro groups is 2. The van der Waals surface area contributed by atoms with Crippen molar-refractivity contribution in [1.82, 2.24) is 5.32 Å². The molecular formula is C17H11N5O5S. The summed E-state index contributed by atoms with van der Waals surface area (Å²) in [5.74, 6) is -0.368. The van der Waals surface area contributed by atoms with E-state index in [1.807, 2.05) is 0 Å². The van der Waals surface area contributed by atoms with Crippen LogP contribution in [0.4, 0.5) is 11.4 Å². The molecule has 2 aromatic rings. The number of amides is 1. The van der Waals surface area contributed by atoms with Crippen molar-refractivity contribution in [2.75, 3.05) is 0 Å². The summed E-state index contributed by atoms with van der Waals surface area (Å²) in [6.07, 6.45) is 2.92. The van der Waals surface area contributed by atoms with Crippen molar-refractivity contribution in [3.05, 3.63) is 84.8 Å². The standard InChI is InChI=1S/C17H11N5O5S/c23-16-15(9-11-4-6-13(7-5-11)21(24)25)28-17(19-16)20-18-10-12-2-1-3-14(8-12)22(26)27/h1-10H,(H,19,20,23)/b15-9+,18-10?. The summed E-state index contributed by atoms with van der Waals surface area (Å²) in [5, 5.41) is 31.9. The number of hydrogen-bond donors (Lipinski definition) is 1. The van der Waals surface area contributed by atoms with Crippen molar-refractivity contribution in [2.45, 2.75) is 0 Å². The Hall–Kier alpha value is -3.86. The summed E-state index contributed by atoms with van der Waals surface area (Å²) in [6, 6.07) is 11.7. The molecule has 0 spiro atoms. The number of non-ortho nitro benzene ring substituents is 2. The third-order valence-electron chi connectivity index (χ3n) is 3.49. The maximum atomic E-state index is 12.0. The topological polar surface area (TPSA) is 140 Å². The van der Waals surface area contributed by atoms with E-state index in [9.17, 15) is 25.0 Å². The van der Waals surface area contributed by atoms with Crippen molar-refractivity contribution >= 4 is 46.5 Å². The number of rotatable bonds is 5. The molecule has 0 aliphatic carbocycles. The Labute approximate surface area is 162 Å². The molecule has 0 radical (unpaired) electrons. The number of thioether (sulfide) groups is 1. The van der Waals surface area contributed by atoms with Crippen LogP contribution in [0.25, 0.3) is 6.08 Å². The number of carbonyl (C=O) groups excluding carboxylic acids is 1. The minimum Gasteiger partial charge on any atom is -0.299 e. The molecule has 140 valence electrons. The Morgan fingerprint density at radius 2 is 1.68 bits per heavy atom. The van der Waals surface area contributed by atoms with Crippen LogP contribution < -0.4 is 5.32 Å². The molecule has 2 aromatic carbocycles. The molecule has 1 fully saturated rings. The first-order valence-electron chi connectivity index (χ1n) is 7.73. The normalized spacial score (nSPS) is 16.6. The van der Waals surface area contributed by atoms with E-state index >= 15 is 0 Å². The van der Waals surface area contributed by atoms with Gasteiger partial charge in [-0.2, -0.15) is 5.10 Å². The van der Waals surface area contributed by atoms with E-state index in [4.69, 9.17) is 0 Å². The minimum atomic E-state index is -0.508. The van der Waals surface area contributed by atoms with E-state index in [1.54, 1.807) is 12.1 Å². The smallest absolute Gasteiger partial charge is 0.270 e. The van der Waals surface area contributed by atoms with E-state index in [0.29, 0.717) is 16.0 Å². The highest BCUT2D eigenvalue weighted by atomic mass is 32.2. The van der Waals surface area contributed by atoms with Gasteiger partial charge in [0.2, 0.25) is 0 Å². The third-order valence-corrected chi connectivity index (χ3v) is 4.39. The van der Waals surface area contributed by atoms with Crippen LogP contribution in [-0.4, -0.2) is 27.1 Å². The molecule has 1 aliphatic heterocycles. The molecule has 28 heavy (non-hydrogen) atoms. The molecule has 1 aliphatic rings. The second-order valence-electron chi connectivity index (χ2n) is 5.42. The molecule has 0 aromatic heterocycles. The minimum absolute atomic E-state index is 0.0385. The number of nitrogens with zero attached hydrogens (tertiary/aromatic N) is 4. The first kappa shape index (κ1) is 18.9. The molecular weight excluding hydrogens is 386 g/mol. The predicted octanol–water partition coefficient (Wildman–Crippen LogP) is 3.10. The average molecular weight is 397 g/mol. The van der Waals surface area contributed by atoms with E-state index in [2.05, 4.69) is 15.5 Å². The summed E-state index contributed by atoms with van der Waals surface area (Å²) in [5.41, 5.74) is 1.02. The van der Waals surface area contributed by atoms with Gasteiger partial charge < -0.3 is 0 Å². The molecule has 0 bridgehead atoms. The van der Waals surface area contributed by atoms with Crippen molar-refractivity contribution in [2.24, 2.45) is 10.2 Å². The van der Waals surface area contributed by atoms with Crippen molar-refractivity contribution in [3.8, 4) is 0 Å². The Kier molecular flexibility index (Phi) is 5.56. The number of carbonyl (C=O) groups is 1. The van der Waals surface area contributed by atoms with Crippen molar-refractivity contribution in [1.29, 1.82) is 0 Å².